The highest BCUT2D eigenvalue weighted by atomic mass is 35.5. The molecule has 7 heteroatoms. The van der Waals surface area contributed by atoms with Crippen molar-refractivity contribution in [3.63, 3.8) is 0 Å². The van der Waals surface area contributed by atoms with Gasteiger partial charge in [0.2, 0.25) is 0 Å². The first kappa shape index (κ1) is 14.8. The molecule has 2 N–H and O–H groups in total. The zero-order chi connectivity index (χ0) is 14.5. The molecule has 0 spiro atoms. The van der Waals surface area contributed by atoms with Crippen LogP contribution >= 0.6 is 23.8 Å². The molecule has 0 saturated carbocycles. The molecule has 2 aromatic carbocycles. The molecule has 3 nitrogen and oxygen atoms in total. The minimum Gasteiger partial charge on any atom is -0.450 e. The first-order valence-corrected chi connectivity index (χ1v) is 6.39. The molecule has 0 amide bonds. The van der Waals surface area contributed by atoms with Crippen LogP contribution in [0, 0.1) is 5.82 Å². The van der Waals surface area contributed by atoms with E-state index < -0.39 is 5.82 Å². The van der Waals surface area contributed by atoms with E-state index in [-0.39, 0.29) is 15.9 Å². The Morgan fingerprint density at radius 2 is 2.00 bits per heavy atom. The van der Waals surface area contributed by atoms with Gasteiger partial charge in [0, 0.05) is 0 Å². The SMILES string of the molecule is O[B]c1cccc(NC(=S)Oc2ccccc2F)c1Cl. The van der Waals surface area contributed by atoms with E-state index in [9.17, 15) is 4.39 Å². The summed E-state index contributed by atoms with van der Waals surface area (Å²) >= 11 is 11.0. The summed E-state index contributed by atoms with van der Waals surface area (Å²) in [5, 5.41) is 12.0. The number of halogens is 2. The van der Waals surface area contributed by atoms with Crippen molar-refractivity contribution in [1.29, 1.82) is 0 Å². The number of rotatable bonds is 3. The summed E-state index contributed by atoms with van der Waals surface area (Å²) in [6.07, 6.45) is 0. The first-order valence-electron chi connectivity index (χ1n) is 5.61. The van der Waals surface area contributed by atoms with Crippen molar-refractivity contribution >= 4 is 47.6 Å². The zero-order valence-electron chi connectivity index (χ0n) is 10.1. The number of hydrogen-bond acceptors (Lipinski definition) is 3. The molecular formula is C13H9BClFNO2S. The fourth-order valence-electron chi connectivity index (χ4n) is 1.51. The maximum absolute atomic E-state index is 13.4. The van der Waals surface area contributed by atoms with Gasteiger partial charge >= 0.3 is 7.48 Å². The van der Waals surface area contributed by atoms with Crippen LogP contribution in [0.25, 0.3) is 0 Å². The highest BCUT2D eigenvalue weighted by Crippen LogP contribution is 2.20. The van der Waals surface area contributed by atoms with Crippen LogP contribution in [0.3, 0.4) is 0 Å². The van der Waals surface area contributed by atoms with E-state index in [2.05, 4.69) is 5.32 Å². The van der Waals surface area contributed by atoms with Gasteiger partial charge in [-0.25, -0.2) is 4.39 Å². The van der Waals surface area contributed by atoms with E-state index in [1.807, 2.05) is 0 Å². The van der Waals surface area contributed by atoms with Gasteiger partial charge in [0.05, 0.1) is 10.7 Å². The number of ether oxygens (including phenoxy) is 1. The number of benzene rings is 2. The summed E-state index contributed by atoms with van der Waals surface area (Å²) in [7, 11) is 0.883. The fraction of sp³-hybridized carbons (Fsp3) is 0. The molecule has 0 aliphatic rings. The smallest absolute Gasteiger partial charge is 0.328 e. The van der Waals surface area contributed by atoms with Crippen molar-refractivity contribution in [2.24, 2.45) is 0 Å². The Bertz CT molecular complexity index is 642. The lowest BCUT2D eigenvalue weighted by Crippen LogP contribution is -2.21. The highest BCUT2D eigenvalue weighted by Gasteiger charge is 2.10. The molecule has 0 fully saturated rings. The summed E-state index contributed by atoms with van der Waals surface area (Å²) in [5.41, 5.74) is 0.890. The van der Waals surface area contributed by atoms with Crippen molar-refractivity contribution in [2.45, 2.75) is 0 Å². The average Bonchev–Trinajstić information content (AvgIpc) is 2.44. The van der Waals surface area contributed by atoms with E-state index in [0.29, 0.717) is 11.2 Å². The van der Waals surface area contributed by atoms with Gasteiger partial charge in [-0.05, 0) is 35.9 Å². The summed E-state index contributed by atoms with van der Waals surface area (Å²) in [4.78, 5) is 0. The second kappa shape index (κ2) is 6.70. The van der Waals surface area contributed by atoms with E-state index in [1.165, 1.54) is 12.1 Å². The van der Waals surface area contributed by atoms with Crippen molar-refractivity contribution in [3.05, 3.63) is 53.3 Å². The summed E-state index contributed by atoms with van der Waals surface area (Å²) in [6, 6.07) is 10.9. The molecule has 0 aliphatic carbocycles. The summed E-state index contributed by atoms with van der Waals surface area (Å²) < 4.78 is 18.6. The topological polar surface area (TPSA) is 41.5 Å². The number of hydrogen-bond donors (Lipinski definition) is 2. The van der Waals surface area contributed by atoms with Gasteiger partial charge in [-0.15, -0.1) is 0 Å². The lowest BCUT2D eigenvalue weighted by Gasteiger charge is -2.12. The van der Waals surface area contributed by atoms with Crippen molar-refractivity contribution in [3.8, 4) is 5.75 Å². The molecule has 101 valence electrons. The Balaban J connectivity index is 2.11. The molecule has 0 bridgehead atoms. The highest BCUT2D eigenvalue weighted by molar-refractivity contribution is 7.80. The van der Waals surface area contributed by atoms with Crippen LogP contribution in [0.15, 0.2) is 42.5 Å². The van der Waals surface area contributed by atoms with Crippen molar-refractivity contribution < 1.29 is 14.2 Å². The molecule has 0 aromatic heterocycles. The number of thiocarbonyl (C=S) groups is 1. The van der Waals surface area contributed by atoms with E-state index >= 15 is 0 Å². The van der Waals surface area contributed by atoms with Gasteiger partial charge in [0.15, 0.2) is 11.6 Å². The first-order chi connectivity index (χ1) is 9.61. The molecule has 2 rings (SSSR count). The van der Waals surface area contributed by atoms with Crippen molar-refractivity contribution in [2.75, 3.05) is 5.32 Å². The minimum atomic E-state index is -0.514. The van der Waals surface area contributed by atoms with Gasteiger partial charge in [-0.2, -0.15) is 0 Å². The average molecular weight is 309 g/mol. The van der Waals surface area contributed by atoms with Gasteiger partial charge in [-0.1, -0.05) is 35.9 Å². The Hall–Kier alpha value is -1.63. The second-order valence-electron chi connectivity index (χ2n) is 3.78. The Labute approximate surface area is 126 Å². The Morgan fingerprint density at radius 1 is 1.25 bits per heavy atom. The Kier molecular flexibility index (Phi) is 4.95. The van der Waals surface area contributed by atoms with Gasteiger partial charge in [0.25, 0.3) is 5.17 Å². The van der Waals surface area contributed by atoms with Crippen molar-refractivity contribution in [1.82, 2.24) is 0 Å². The van der Waals surface area contributed by atoms with Crippen LogP contribution in [0.1, 0.15) is 0 Å². The van der Waals surface area contributed by atoms with Crippen LogP contribution in [-0.2, 0) is 0 Å². The molecule has 0 saturated heterocycles. The van der Waals surface area contributed by atoms with Crippen LogP contribution in [0.2, 0.25) is 5.02 Å². The zero-order valence-corrected chi connectivity index (χ0v) is 11.7. The van der Waals surface area contributed by atoms with Gasteiger partial charge in [0.1, 0.15) is 0 Å². The lowest BCUT2D eigenvalue weighted by atomic mass is 9.88. The monoisotopic (exact) mass is 308 g/mol. The van der Waals surface area contributed by atoms with Gasteiger partial charge in [-0.3, -0.25) is 0 Å². The molecule has 0 aliphatic heterocycles. The third-order valence-electron chi connectivity index (χ3n) is 2.44. The van der Waals surface area contributed by atoms with Crippen LogP contribution < -0.4 is 15.5 Å². The van der Waals surface area contributed by atoms with E-state index in [4.69, 9.17) is 33.6 Å². The second-order valence-corrected chi connectivity index (χ2v) is 4.53. The minimum absolute atomic E-state index is 0.0194. The predicted molar refractivity (Wildman–Crippen MR) is 82.3 cm³/mol. The maximum atomic E-state index is 13.4. The van der Waals surface area contributed by atoms with E-state index in [0.717, 1.165) is 7.48 Å². The molecule has 20 heavy (non-hydrogen) atoms. The lowest BCUT2D eigenvalue weighted by molar-refractivity contribution is 0.498. The maximum Gasteiger partial charge on any atom is 0.328 e. The summed E-state index contributed by atoms with van der Waals surface area (Å²) in [6.45, 7) is 0. The van der Waals surface area contributed by atoms with Crippen LogP contribution in [0.5, 0.6) is 5.75 Å². The molecule has 0 atom stereocenters. The standard InChI is InChI=1S/C13H9BClFNO2S/c15-12-8(14-18)4-3-6-10(12)17-13(20)19-11-7-2-1-5-9(11)16/h1-7,18H,(H,17,20). The van der Waals surface area contributed by atoms with Crippen LogP contribution in [0.4, 0.5) is 10.1 Å². The normalized spacial score (nSPS) is 9.95. The molecule has 1 radical (unpaired) electrons. The molecule has 2 aromatic rings. The largest absolute Gasteiger partial charge is 0.450 e. The Morgan fingerprint density at radius 3 is 2.70 bits per heavy atom. The number of nitrogens with one attached hydrogen (secondary N) is 1. The third kappa shape index (κ3) is 3.48. The number of para-hydroxylation sites is 1. The number of anilines is 1. The van der Waals surface area contributed by atoms with Crippen LogP contribution in [-0.4, -0.2) is 17.7 Å². The van der Waals surface area contributed by atoms with Gasteiger partial charge < -0.3 is 15.1 Å². The van der Waals surface area contributed by atoms with E-state index in [1.54, 1.807) is 30.3 Å². The quantitative estimate of drug-likeness (QED) is 0.675. The molecular weight excluding hydrogens is 299 g/mol. The fourth-order valence-corrected chi connectivity index (χ4v) is 1.93. The summed E-state index contributed by atoms with van der Waals surface area (Å²) in [5.74, 6) is -0.494. The third-order valence-corrected chi connectivity index (χ3v) is 3.05. The molecule has 0 unspecified atom stereocenters. The predicted octanol–water partition coefficient (Wildman–Crippen LogP) is 2.49. The molecule has 0 heterocycles.